The molecule has 1 N–H and O–H groups in total. The summed E-state index contributed by atoms with van der Waals surface area (Å²) < 4.78 is 4.98. The van der Waals surface area contributed by atoms with Gasteiger partial charge in [-0.3, -0.25) is 4.79 Å². The zero-order chi connectivity index (χ0) is 12.0. The van der Waals surface area contributed by atoms with E-state index in [-0.39, 0.29) is 5.91 Å². The first-order valence-corrected chi connectivity index (χ1v) is 5.17. The molecule has 92 valence electrons. The Morgan fingerprint density at radius 3 is 3.06 bits per heavy atom. The fourth-order valence-electron chi connectivity index (χ4n) is 1.34. The molecule has 0 saturated carbocycles. The lowest BCUT2D eigenvalue weighted by molar-refractivity contribution is -0.499. The summed E-state index contributed by atoms with van der Waals surface area (Å²) in [5.41, 5.74) is 0. The van der Waals surface area contributed by atoms with E-state index in [1.165, 1.54) is 12.2 Å². The third-order valence-electron chi connectivity index (χ3n) is 2.32. The van der Waals surface area contributed by atoms with Crippen molar-refractivity contribution in [3.63, 3.8) is 0 Å². The highest BCUT2D eigenvalue weighted by atomic mass is 17.3. The van der Waals surface area contributed by atoms with Crippen LogP contribution in [0.2, 0.25) is 0 Å². The maximum Gasteiger partial charge on any atom is 0.240 e. The second-order valence-electron chi connectivity index (χ2n) is 3.45. The van der Waals surface area contributed by atoms with Gasteiger partial charge >= 0.3 is 0 Å². The van der Waals surface area contributed by atoms with Gasteiger partial charge in [-0.05, 0) is 6.92 Å². The van der Waals surface area contributed by atoms with Crippen molar-refractivity contribution in [1.29, 1.82) is 0 Å². The van der Waals surface area contributed by atoms with Crippen molar-refractivity contribution < 1.29 is 19.4 Å². The number of nitrogens with zero attached hydrogens (tertiary/aromatic N) is 1. The molecule has 0 spiro atoms. The maximum absolute atomic E-state index is 11.8. The SMILES string of the molecule is C/C=C/CNC(=O)C1CC(OC)OON1C. The summed E-state index contributed by atoms with van der Waals surface area (Å²) in [4.78, 5) is 21.5. The summed E-state index contributed by atoms with van der Waals surface area (Å²) in [6, 6.07) is -0.399. The molecule has 0 radical (unpaired) electrons. The van der Waals surface area contributed by atoms with Gasteiger partial charge in [0.2, 0.25) is 5.91 Å². The number of carbonyl (C=O) groups is 1. The van der Waals surface area contributed by atoms with Crippen LogP contribution < -0.4 is 5.32 Å². The Labute approximate surface area is 95.0 Å². The molecule has 2 atom stereocenters. The molecule has 0 aliphatic carbocycles. The van der Waals surface area contributed by atoms with Gasteiger partial charge in [-0.2, -0.15) is 4.89 Å². The maximum atomic E-state index is 11.8. The van der Waals surface area contributed by atoms with Crippen molar-refractivity contribution in [3.05, 3.63) is 12.2 Å². The predicted octanol–water partition coefficient (Wildman–Crippen LogP) is 0.218. The Morgan fingerprint density at radius 1 is 1.69 bits per heavy atom. The van der Waals surface area contributed by atoms with Crippen LogP contribution in [0.5, 0.6) is 0 Å². The number of carbonyl (C=O) groups excluding carboxylic acids is 1. The number of rotatable bonds is 4. The number of methoxy groups -OCH3 is 1. The third-order valence-corrected chi connectivity index (χ3v) is 2.32. The minimum Gasteiger partial charge on any atom is -0.353 e. The van der Waals surface area contributed by atoms with E-state index < -0.39 is 12.3 Å². The monoisotopic (exact) mass is 230 g/mol. The van der Waals surface area contributed by atoms with Crippen LogP contribution in [0.15, 0.2) is 12.2 Å². The Hall–Kier alpha value is -0.950. The highest BCUT2D eigenvalue weighted by Gasteiger charge is 2.33. The van der Waals surface area contributed by atoms with Gasteiger partial charge in [-0.1, -0.05) is 12.2 Å². The van der Waals surface area contributed by atoms with E-state index in [2.05, 4.69) is 5.32 Å². The molecule has 0 aromatic rings. The van der Waals surface area contributed by atoms with E-state index in [1.807, 2.05) is 19.1 Å². The van der Waals surface area contributed by atoms with Gasteiger partial charge in [0, 0.05) is 27.1 Å². The van der Waals surface area contributed by atoms with Crippen LogP contribution in [0.25, 0.3) is 0 Å². The first-order valence-electron chi connectivity index (χ1n) is 5.17. The number of amides is 1. The second-order valence-corrected chi connectivity index (χ2v) is 3.45. The summed E-state index contributed by atoms with van der Waals surface area (Å²) in [7, 11) is 3.15. The van der Waals surface area contributed by atoms with Crippen molar-refractivity contribution in [1.82, 2.24) is 10.4 Å². The zero-order valence-corrected chi connectivity index (χ0v) is 9.80. The average molecular weight is 230 g/mol. The Balaban J connectivity index is 2.45. The average Bonchev–Trinajstić information content (AvgIpc) is 2.30. The van der Waals surface area contributed by atoms with Gasteiger partial charge in [-0.25, -0.2) is 0 Å². The number of ether oxygens (including phenoxy) is 1. The zero-order valence-electron chi connectivity index (χ0n) is 9.80. The van der Waals surface area contributed by atoms with Crippen LogP contribution in [-0.4, -0.2) is 44.0 Å². The van der Waals surface area contributed by atoms with Crippen LogP contribution in [-0.2, 0) is 19.4 Å². The smallest absolute Gasteiger partial charge is 0.240 e. The number of allylic oxidation sites excluding steroid dienone is 1. The molecule has 6 heteroatoms. The van der Waals surface area contributed by atoms with Gasteiger partial charge in [0.25, 0.3) is 0 Å². The molecule has 0 bridgehead atoms. The fraction of sp³-hybridized carbons (Fsp3) is 0.700. The van der Waals surface area contributed by atoms with Gasteiger partial charge < -0.3 is 10.1 Å². The van der Waals surface area contributed by atoms with E-state index in [1.54, 1.807) is 7.05 Å². The van der Waals surface area contributed by atoms with Crippen molar-refractivity contribution in [2.75, 3.05) is 20.7 Å². The van der Waals surface area contributed by atoms with E-state index in [0.717, 1.165) is 0 Å². The van der Waals surface area contributed by atoms with Crippen molar-refractivity contribution in [2.24, 2.45) is 0 Å². The summed E-state index contributed by atoms with van der Waals surface area (Å²) in [5, 5.41) is 4.15. The number of likely N-dealkylation sites (N-methyl/N-ethyl adjacent to an activating group) is 1. The van der Waals surface area contributed by atoms with E-state index >= 15 is 0 Å². The van der Waals surface area contributed by atoms with E-state index in [9.17, 15) is 4.79 Å². The molecule has 16 heavy (non-hydrogen) atoms. The molecule has 1 amide bonds. The molecular weight excluding hydrogens is 212 g/mol. The normalized spacial score (nSPS) is 27.2. The molecule has 1 rings (SSSR count). The van der Waals surface area contributed by atoms with Gasteiger partial charge in [0.05, 0.1) is 0 Å². The molecule has 1 aliphatic rings. The fourth-order valence-corrected chi connectivity index (χ4v) is 1.34. The minimum atomic E-state index is -0.506. The topological polar surface area (TPSA) is 60.0 Å². The van der Waals surface area contributed by atoms with Gasteiger partial charge in [-0.15, -0.1) is 10.1 Å². The van der Waals surface area contributed by atoms with Crippen LogP contribution in [0.1, 0.15) is 13.3 Å². The highest BCUT2D eigenvalue weighted by Crippen LogP contribution is 2.16. The number of nitrogens with one attached hydrogen (secondary N) is 1. The van der Waals surface area contributed by atoms with Crippen molar-refractivity contribution in [3.8, 4) is 0 Å². The molecule has 0 aromatic heterocycles. The lowest BCUT2D eigenvalue weighted by Crippen LogP contribution is -2.51. The summed E-state index contributed by atoms with van der Waals surface area (Å²) in [6.45, 7) is 2.41. The number of hydrogen-bond donors (Lipinski definition) is 1. The molecule has 1 saturated heterocycles. The second kappa shape index (κ2) is 6.59. The lowest BCUT2D eigenvalue weighted by atomic mass is 10.2. The molecule has 1 fully saturated rings. The summed E-state index contributed by atoms with van der Waals surface area (Å²) >= 11 is 0. The van der Waals surface area contributed by atoms with Gasteiger partial charge in [0.1, 0.15) is 6.04 Å². The van der Waals surface area contributed by atoms with E-state index in [0.29, 0.717) is 13.0 Å². The molecule has 1 heterocycles. The largest absolute Gasteiger partial charge is 0.353 e. The van der Waals surface area contributed by atoms with Crippen LogP contribution >= 0.6 is 0 Å². The Morgan fingerprint density at radius 2 is 2.44 bits per heavy atom. The van der Waals surface area contributed by atoms with Crippen LogP contribution in [0.3, 0.4) is 0 Å². The van der Waals surface area contributed by atoms with Crippen molar-refractivity contribution in [2.45, 2.75) is 25.7 Å². The summed E-state index contributed by atoms with van der Waals surface area (Å²) in [6.07, 6.45) is 3.68. The van der Waals surface area contributed by atoms with Crippen molar-refractivity contribution >= 4 is 5.91 Å². The highest BCUT2D eigenvalue weighted by molar-refractivity contribution is 5.81. The van der Waals surface area contributed by atoms with Crippen LogP contribution in [0, 0.1) is 0 Å². The quantitative estimate of drug-likeness (QED) is 0.553. The first kappa shape index (κ1) is 13.1. The number of hydroxylamine groups is 2. The molecule has 2 unspecified atom stereocenters. The summed E-state index contributed by atoms with van der Waals surface area (Å²) in [5.74, 6) is -0.106. The molecule has 1 aliphatic heterocycles. The Bertz CT molecular complexity index is 257. The lowest BCUT2D eigenvalue weighted by Gasteiger charge is -2.32. The first-order chi connectivity index (χ1) is 7.69. The Kier molecular flexibility index (Phi) is 5.41. The standard InChI is InChI=1S/C10H18N2O4/c1-4-5-6-11-10(13)8-7-9(14-3)15-16-12(8)2/h4-5,8-9H,6-7H2,1-3H3,(H,11,13)/b5-4+. The van der Waals surface area contributed by atoms with Gasteiger partial charge in [0.15, 0.2) is 6.29 Å². The predicted molar refractivity (Wildman–Crippen MR) is 57.0 cm³/mol. The molecule has 6 nitrogen and oxygen atoms in total. The minimum absolute atomic E-state index is 0.106. The number of hydrogen-bond acceptors (Lipinski definition) is 5. The third kappa shape index (κ3) is 3.57. The van der Waals surface area contributed by atoms with E-state index in [4.69, 9.17) is 14.6 Å². The molecule has 0 aromatic carbocycles. The van der Waals surface area contributed by atoms with Crippen LogP contribution in [0.4, 0.5) is 0 Å². The molecular formula is C10H18N2O4.